The number of thiazole rings is 1. The maximum absolute atomic E-state index is 13.1. The van der Waals surface area contributed by atoms with Crippen molar-refractivity contribution >= 4 is 21.6 Å². The van der Waals surface area contributed by atoms with Gasteiger partial charge in [-0.25, -0.2) is 9.37 Å². The summed E-state index contributed by atoms with van der Waals surface area (Å²) in [6, 6.07) is 5.33. The number of piperazine rings is 1. The van der Waals surface area contributed by atoms with Gasteiger partial charge in [0, 0.05) is 25.7 Å². The zero-order valence-corrected chi connectivity index (χ0v) is 11.1. The highest BCUT2D eigenvalue weighted by Crippen LogP contribution is 2.24. The third kappa shape index (κ3) is 2.53. The predicted molar refractivity (Wildman–Crippen MR) is 72.3 cm³/mol. The van der Waals surface area contributed by atoms with Crippen LogP contribution in [-0.2, 0) is 6.54 Å². The number of rotatable bonds is 2. The van der Waals surface area contributed by atoms with Crippen LogP contribution in [0.3, 0.4) is 0 Å². The normalized spacial score (nSPS) is 21.6. The Morgan fingerprint density at radius 3 is 3.28 bits per heavy atom. The molecule has 96 valence electrons. The fourth-order valence-electron chi connectivity index (χ4n) is 2.36. The Balaban J connectivity index is 1.78. The molecule has 0 spiro atoms. The third-order valence-corrected chi connectivity index (χ3v) is 4.21. The van der Waals surface area contributed by atoms with Crippen molar-refractivity contribution in [3.63, 3.8) is 0 Å². The number of hydrogen-bond acceptors (Lipinski definition) is 4. The molecule has 0 amide bonds. The van der Waals surface area contributed by atoms with E-state index in [0.717, 1.165) is 41.4 Å². The summed E-state index contributed by atoms with van der Waals surface area (Å²) in [7, 11) is 0. The maximum atomic E-state index is 13.1. The molecule has 1 saturated heterocycles. The second-order valence-electron chi connectivity index (χ2n) is 4.81. The number of fused-ring (bicyclic) bond motifs is 1. The Morgan fingerprint density at radius 2 is 2.44 bits per heavy atom. The summed E-state index contributed by atoms with van der Waals surface area (Å²) in [6.45, 7) is 6.19. The standard InChI is InChI=1S/C13H16FN3S/c1-9-7-17(5-4-15-9)8-13-16-11-3-2-10(14)6-12(11)18-13/h2-3,6,9,15H,4-5,7-8H2,1H3/t9-/m0/s1. The molecule has 1 N–H and O–H groups in total. The Bertz CT molecular complexity index is 554. The van der Waals surface area contributed by atoms with Crippen molar-refractivity contribution in [2.45, 2.75) is 19.5 Å². The van der Waals surface area contributed by atoms with Crippen molar-refractivity contribution in [3.05, 3.63) is 29.0 Å². The average molecular weight is 265 g/mol. The van der Waals surface area contributed by atoms with Crippen LogP contribution in [0.2, 0.25) is 0 Å². The van der Waals surface area contributed by atoms with Gasteiger partial charge in [-0.05, 0) is 25.1 Å². The summed E-state index contributed by atoms with van der Waals surface area (Å²) in [6.07, 6.45) is 0. The van der Waals surface area contributed by atoms with Crippen LogP contribution < -0.4 is 5.32 Å². The van der Waals surface area contributed by atoms with Crippen LogP contribution >= 0.6 is 11.3 Å². The lowest BCUT2D eigenvalue weighted by atomic mass is 10.2. The zero-order chi connectivity index (χ0) is 12.5. The summed E-state index contributed by atoms with van der Waals surface area (Å²) in [5.74, 6) is -0.187. The predicted octanol–water partition coefficient (Wildman–Crippen LogP) is 2.23. The monoisotopic (exact) mass is 265 g/mol. The Hall–Kier alpha value is -1.04. The molecule has 1 aliphatic heterocycles. The number of benzene rings is 1. The first-order valence-corrected chi connectivity index (χ1v) is 7.03. The molecule has 1 aliphatic rings. The van der Waals surface area contributed by atoms with Crippen LogP contribution in [0.5, 0.6) is 0 Å². The Kier molecular flexibility index (Phi) is 3.28. The van der Waals surface area contributed by atoms with E-state index in [2.05, 4.69) is 22.1 Å². The molecule has 2 heterocycles. The van der Waals surface area contributed by atoms with Gasteiger partial charge in [0.1, 0.15) is 10.8 Å². The van der Waals surface area contributed by atoms with E-state index in [9.17, 15) is 4.39 Å². The van der Waals surface area contributed by atoms with E-state index < -0.39 is 0 Å². The van der Waals surface area contributed by atoms with Crippen molar-refractivity contribution in [2.75, 3.05) is 19.6 Å². The second-order valence-corrected chi connectivity index (χ2v) is 5.93. The lowest BCUT2D eigenvalue weighted by Gasteiger charge is -2.31. The highest BCUT2D eigenvalue weighted by Gasteiger charge is 2.17. The molecular weight excluding hydrogens is 249 g/mol. The van der Waals surface area contributed by atoms with Gasteiger partial charge < -0.3 is 5.32 Å². The molecule has 0 unspecified atom stereocenters. The van der Waals surface area contributed by atoms with Gasteiger partial charge in [-0.2, -0.15) is 0 Å². The lowest BCUT2D eigenvalue weighted by Crippen LogP contribution is -2.48. The molecular formula is C13H16FN3S. The molecule has 0 saturated carbocycles. The first-order valence-electron chi connectivity index (χ1n) is 6.21. The van der Waals surface area contributed by atoms with Crippen LogP contribution in [-0.4, -0.2) is 35.6 Å². The Morgan fingerprint density at radius 1 is 1.56 bits per heavy atom. The van der Waals surface area contributed by atoms with E-state index in [1.54, 1.807) is 23.5 Å². The van der Waals surface area contributed by atoms with E-state index in [1.165, 1.54) is 6.07 Å². The van der Waals surface area contributed by atoms with Gasteiger partial charge in [0.2, 0.25) is 0 Å². The van der Waals surface area contributed by atoms with Crippen LogP contribution in [0.15, 0.2) is 18.2 Å². The summed E-state index contributed by atoms with van der Waals surface area (Å²) in [4.78, 5) is 6.96. The number of nitrogens with zero attached hydrogens (tertiary/aromatic N) is 2. The molecule has 2 aromatic rings. The first kappa shape index (κ1) is 12.0. The molecule has 0 radical (unpaired) electrons. The van der Waals surface area contributed by atoms with Crippen molar-refractivity contribution in [3.8, 4) is 0 Å². The summed E-state index contributed by atoms with van der Waals surface area (Å²) in [5, 5.41) is 4.50. The number of aromatic nitrogens is 1. The van der Waals surface area contributed by atoms with Crippen molar-refractivity contribution in [2.24, 2.45) is 0 Å². The van der Waals surface area contributed by atoms with E-state index in [0.29, 0.717) is 6.04 Å². The van der Waals surface area contributed by atoms with Gasteiger partial charge in [0.15, 0.2) is 0 Å². The Labute approximate surface area is 110 Å². The van der Waals surface area contributed by atoms with Crippen LogP contribution in [0.1, 0.15) is 11.9 Å². The topological polar surface area (TPSA) is 28.2 Å². The summed E-state index contributed by atoms with van der Waals surface area (Å²) >= 11 is 1.59. The number of hydrogen-bond donors (Lipinski definition) is 1. The highest BCUT2D eigenvalue weighted by molar-refractivity contribution is 7.18. The lowest BCUT2D eigenvalue weighted by molar-refractivity contribution is 0.199. The maximum Gasteiger partial charge on any atom is 0.124 e. The van der Waals surface area contributed by atoms with Crippen molar-refractivity contribution < 1.29 is 4.39 Å². The molecule has 3 nitrogen and oxygen atoms in total. The van der Waals surface area contributed by atoms with Gasteiger partial charge in [-0.15, -0.1) is 11.3 Å². The molecule has 0 bridgehead atoms. The van der Waals surface area contributed by atoms with Crippen LogP contribution in [0.25, 0.3) is 10.2 Å². The van der Waals surface area contributed by atoms with Crippen LogP contribution in [0, 0.1) is 5.82 Å². The summed E-state index contributed by atoms with van der Waals surface area (Å²) in [5.41, 5.74) is 0.902. The molecule has 1 aromatic carbocycles. The van der Waals surface area contributed by atoms with Crippen molar-refractivity contribution in [1.82, 2.24) is 15.2 Å². The first-order chi connectivity index (χ1) is 8.70. The second kappa shape index (κ2) is 4.91. The van der Waals surface area contributed by atoms with Gasteiger partial charge in [-0.3, -0.25) is 4.90 Å². The SMILES string of the molecule is C[C@H]1CN(Cc2nc3ccc(F)cc3s2)CCN1. The smallest absolute Gasteiger partial charge is 0.124 e. The van der Waals surface area contributed by atoms with Gasteiger partial charge >= 0.3 is 0 Å². The minimum Gasteiger partial charge on any atom is -0.312 e. The van der Waals surface area contributed by atoms with E-state index in [4.69, 9.17) is 0 Å². The molecule has 1 aromatic heterocycles. The molecule has 5 heteroatoms. The average Bonchev–Trinajstić information content (AvgIpc) is 2.70. The minimum atomic E-state index is -0.187. The zero-order valence-electron chi connectivity index (χ0n) is 10.3. The molecule has 3 rings (SSSR count). The quantitative estimate of drug-likeness (QED) is 0.902. The largest absolute Gasteiger partial charge is 0.312 e. The molecule has 0 aliphatic carbocycles. The third-order valence-electron chi connectivity index (χ3n) is 3.21. The minimum absolute atomic E-state index is 0.187. The molecule has 18 heavy (non-hydrogen) atoms. The van der Waals surface area contributed by atoms with E-state index in [-0.39, 0.29) is 5.82 Å². The fourth-order valence-corrected chi connectivity index (χ4v) is 3.40. The van der Waals surface area contributed by atoms with Crippen LogP contribution in [0.4, 0.5) is 4.39 Å². The molecule has 1 fully saturated rings. The number of nitrogens with one attached hydrogen (secondary N) is 1. The van der Waals surface area contributed by atoms with E-state index >= 15 is 0 Å². The highest BCUT2D eigenvalue weighted by atomic mass is 32.1. The summed E-state index contributed by atoms with van der Waals surface area (Å²) < 4.78 is 14.1. The van der Waals surface area contributed by atoms with Gasteiger partial charge in [-0.1, -0.05) is 0 Å². The van der Waals surface area contributed by atoms with Gasteiger partial charge in [0.25, 0.3) is 0 Å². The number of halogens is 1. The van der Waals surface area contributed by atoms with Crippen molar-refractivity contribution in [1.29, 1.82) is 0 Å². The fraction of sp³-hybridized carbons (Fsp3) is 0.462. The van der Waals surface area contributed by atoms with Gasteiger partial charge in [0.05, 0.1) is 16.8 Å². The van der Waals surface area contributed by atoms with E-state index in [1.807, 2.05) is 0 Å². The molecule has 1 atom stereocenters.